The van der Waals surface area contributed by atoms with Gasteiger partial charge in [0.05, 0.1) is 0 Å². The number of likely N-dealkylation sites (N-methyl/N-ethyl adjacent to an activating group) is 1. The number of ether oxygens (including phenoxy) is 1. The van der Waals surface area contributed by atoms with Gasteiger partial charge in [0.2, 0.25) is 5.88 Å². The quantitative estimate of drug-likeness (QED) is 0.619. The number of anilines is 2. The average Bonchev–Trinajstić information content (AvgIpc) is 3.22. The van der Waals surface area contributed by atoms with E-state index in [1.54, 1.807) is 29.9 Å². The number of nitrogens with zero attached hydrogens (tertiary/aromatic N) is 4. The van der Waals surface area contributed by atoms with Crippen LogP contribution in [0.15, 0.2) is 48.1 Å². The van der Waals surface area contributed by atoms with Crippen molar-refractivity contribution in [1.82, 2.24) is 19.9 Å². The zero-order valence-electron chi connectivity index (χ0n) is 16.7. The van der Waals surface area contributed by atoms with E-state index in [2.05, 4.69) is 37.5 Å². The molecule has 156 valence electrons. The number of piperidine rings is 1. The van der Waals surface area contributed by atoms with Gasteiger partial charge in [0.15, 0.2) is 0 Å². The van der Waals surface area contributed by atoms with Crippen molar-refractivity contribution in [3.63, 3.8) is 0 Å². The van der Waals surface area contributed by atoms with Gasteiger partial charge in [-0.05, 0) is 44.6 Å². The molecule has 4 rings (SSSR count). The van der Waals surface area contributed by atoms with Crippen molar-refractivity contribution in [2.24, 2.45) is 0 Å². The monoisotopic (exact) mass is 424 g/mol. The van der Waals surface area contributed by atoms with Gasteiger partial charge in [-0.3, -0.25) is 15.6 Å². The van der Waals surface area contributed by atoms with Gasteiger partial charge in [0, 0.05) is 35.4 Å². The normalized spacial score (nSPS) is 16.8. The van der Waals surface area contributed by atoms with Crippen LogP contribution in [0.25, 0.3) is 10.6 Å². The van der Waals surface area contributed by atoms with Gasteiger partial charge in [-0.25, -0.2) is 9.78 Å². The summed E-state index contributed by atoms with van der Waals surface area (Å²) in [5, 5.41) is 8.07. The predicted molar refractivity (Wildman–Crippen MR) is 118 cm³/mol. The Kier molecular flexibility index (Phi) is 6.50. The molecule has 4 heterocycles. The Balaban J connectivity index is 1.31. The fourth-order valence-electron chi connectivity index (χ4n) is 3.32. The number of thiazole rings is 1. The highest BCUT2D eigenvalue weighted by atomic mass is 32.1. The molecule has 1 aliphatic heterocycles. The Hall–Kier alpha value is -3.04. The minimum atomic E-state index is -0.404. The molecule has 9 heteroatoms. The number of carbonyl (C=O) groups excluding carboxylic acids is 1. The van der Waals surface area contributed by atoms with Crippen molar-refractivity contribution in [3.05, 3.63) is 48.1 Å². The highest BCUT2D eigenvalue weighted by Crippen LogP contribution is 2.25. The third-order valence-electron chi connectivity index (χ3n) is 4.98. The Bertz CT molecular complexity index is 980. The van der Waals surface area contributed by atoms with Crippen LogP contribution >= 0.6 is 11.3 Å². The molecule has 0 spiro atoms. The molecule has 1 saturated heterocycles. The highest BCUT2D eigenvalue weighted by molar-refractivity contribution is 7.13. The lowest BCUT2D eigenvalue weighted by Crippen LogP contribution is -2.40. The lowest BCUT2D eigenvalue weighted by Gasteiger charge is -2.31. The Morgan fingerprint density at radius 3 is 2.83 bits per heavy atom. The van der Waals surface area contributed by atoms with E-state index >= 15 is 0 Å². The zero-order chi connectivity index (χ0) is 20.8. The number of likely N-dealkylation sites (tertiary alicyclic amines) is 1. The van der Waals surface area contributed by atoms with Crippen LogP contribution in [-0.4, -0.2) is 52.1 Å². The standard InChI is InChI=1S/C21H24N6O2S/c1-27-12-3-2-5-16(27)13-29-19-7-4-6-17(23-19)25-21(28)26-18-14-30-20(24-18)15-8-10-22-11-9-15/h4,6-11,14,16H,2-3,5,12-13H2,1H3,(H2,23,25,26,28). The highest BCUT2D eigenvalue weighted by Gasteiger charge is 2.19. The molecule has 0 aromatic carbocycles. The maximum Gasteiger partial charge on any atom is 0.326 e. The summed E-state index contributed by atoms with van der Waals surface area (Å²) < 4.78 is 5.87. The maximum atomic E-state index is 12.3. The number of pyridine rings is 2. The number of hydrogen-bond donors (Lipinski definition) is 2. The lowest BCUT2D eigenvalue weighted by atomic mass is 10.0. The van der Waals surface area contributed by atoms with Gasteiger partial charge in [-0.15, -0.1) is 11.3 Å². The first kappa shape index (κ1) is 20.2. The molecule has 1 unspecified atom stereocenters. The second-order valence-corrected chi connectivity index (χ2v) is 8.01. The van der Waals surface area contributed by atoms with Gasteiger partial charge < -0.3 is 9.64 Å². The van der Waals surface area contributed by atoms with Crippen LogP contribution in [0.3, 0.4) is 0 Å². The lowest BCUT2D eigenvalue weighted by molar-refractivity contribution is 0.122. The predicted octanol–water partition coefficient (Wildman–Crippen LogP) is 4.11. The van der Waals surface area contributed by atoms with Gasteiger partial charge in [0.25, 0.3) is 0 Å². The molecule has 1 atom stereocenters. The number of urea groups is 1. The van der Waals surface area contributed by atoms with E-state index in [1.165, 1.54) is 24.2 Å². The molecular formula is C21H24N6O2S. The van der Waals surface area contributed by atoms with Crippen molar-refractivity contribution in [2.45, 2.75) is 25.3 Å². The summed E-state index contributed by atoms with van der Waals surface area (Å²) in [5.74, 6) is 1.41. The van der Waals surface area contributed by atoms with Crippen molar-refractivity contribution in [3.8, 4) is 16.5 Å². The van der Waals surface area contributed by atoms with Crippen LogP contribution in [0.5, 0.6) is 5.88 Å². The van der Waals surface area contributed by atoms with Gasteiger partial charge >= 0.3 is 6.03 Å². The molecule has 0 saturated carbocycles. The Labute approximate surface area is 179 Å². The molecular weight excluding hydrogens is 400 g/mol. The van der Waals surface area contributed by atoms with E-state index in [4.69, 9.17) is 4.74 Å². The summed E-state index contributed by atoms with van der Waals surface area (Å²) in [7, 11) is 2.13. The van der Waals surface area contributed by atoms with E-state index in [9.17, 15) is 4.79 Å². The number of rotatable bonds is 6. The number of aromatic nitrogens is 3. The third-order valence-corrected chi connectivity index (χ3v) is 5.87. The van der Waals surface area contributed by atoms with Crippen molar-refractivity contribution in [2.75, 3.05) is 30.8 Å². The van der Waals surface area contributed by atoms with Gasteiger partial charge in [-0.2, -0.15) is 4.98 Å². The van der Waals surface area contributed by atoms with Crippen LogP contribution in [0.4, 0.5) is 16.4 Å². The van der Waals surface area contributed by atoms with Gasteiger partial charge in [-0.1, -0.05) is 12.5 Å². The fraction of sp³-hybridized carbons (Fsp3) is 0.333. The minimum Gasteiger partial charge on any atom is -0.476 e. The summed E-state index contributed by atoms with van der Waals surface area (Å²) in [6.45, 7) is 1.69. The third kappa shape index (κ3) is 5.31. The molecule has 1 fully saturated rings. The summed E-state index contributed by atoms with van der Waals surface area (Å²) in [6.07, 6.45) is 7.02. The van der Waals surface area contributed by atoms with E-state index in [0.717, 1.165) is 23.5 Å². The SMILES string of the molecule is CN1CCCCC1COc1cccc(NC(=O)Nc2csc(-c3ccncc3)n2)n1. The molecule has 3 aromatic rings. The second kappa shape index (κ2) is 9.64. The molecule has 3 aromatic heterocycles. The summed E-state index contributed by atoms with van der Waals surface area (Å²) >= 11 is 1.45. The molecule has 1 aliphatic rings. The topological polar surface area (TPSA) is 92.3 Å². The Morgan fingerprint density at radius 2 is 2.00 bits per heavy atom. The van der Waals surface area contributed by atoms with E-state index < -0.39 is 6.03 Å². The van der Waals surface area contributed by atoms with E-state index in [-0.39, 0.29) is 0 Å². The van der Waals surface area contributed by atoms with Crippen LogP contribution in [0.1, 0.15) is 19.3 Å². The fourth-order valence-corrected chi connectivity index (χ4v) is 4.08. The molecule has 2 N–H and O–H groups in total. The summed E-state index contributed by atoms with van der Waals surface area (Å²) in [5.41, 5.74) is 0.957. The van der Waals surface area contributed by atoms with Crippen molar-refractivity contribution < 1.29 is 9.53 Å². The van der Waals surface area contributed by atoms with E-state index in [1.807, 2.05) is 18.2 Å². The zero-order valence-corrected chi connectivity index (χ0v) is 17.6. The number of amides is 2. The average molecular weight is 425 g/mol. The first-order valence-electron chi connectivity index (χ1n) is 9.91. The van der Waals surface area contributed by atoms with Crippen molar-refractivity contribution >= 4 is 29.0 Å². The molecule has 0 bridgehead atoms. The van der Waals surface area contributed by atoms with Crippen molar-refractivity contribution in [1.29, 1.82) is 0 Å². The number of nitrogens with one attached hydrogen (secondary N) is 2. The smallest absolute Gasteiger partial charge is 0.326 e. The largest absolute Gasteiger partial charge is 0.476 e. The van der Waals surface area contributed by atoms with Crippen LogP contribution in [0, 0.1) is 0 Å². The molecule has 0 radical (unpaired) electrons. The van der Waals surface area contributed by atoms with Crippen LogP contribution in [-0.2, 0) is 0 Å². The number of carbonyl (C=O) groups is 1. The van der Waals surface area contributed by atoms with Gasteiger partial charge in [0.1, 0.15) is 23.3 Å². The molecule has 8 nitrogen and oxygen atoms in total. The molecule has 30 heavy (non-hydrogen) atoms. The minimum absolute atomic E-state index is 0.403. The maximum absolute atomic E-state index is 12.3. The Morgan fingerprint density at radius 1 is 1.17 bits per heavy atom. The van der Waals surface area contributed by atoms with Crippen LogP contribution < -0.4 is 15.4 Å². The first-order chi connectivity index (χ1) is 14.7. The van der Waals surface area contributed by atoms with Crippen LogP contribution in [0.2, 0.25) is 0 Å². The van der Waals surface area contributed by atoms with E-state index in [0.29, 0.717) is 30.2 Å². The first-order valence-corrected chi connectivity index (χ1v) is 10.8. The summed E-state index contributed by atoms with van der Waals surface area (Å²) in [4.78, 5) is 27.5. The summed E-state index contributed by atoms with van der Waals surface area (Å²) in [6, 6.07) is 9.09. The second-order valence-electron chi connectivity index (χ2n) is 7.16. The number of hydrogen-bond acceptors (Lipinski definition) is 7. The molecule has 2 amide bonds. The molecule has 0 aliphatic carbocycles.